The summed E-state index contributed by atoms with van der Waals surface area (Å²) in [5, 5.41) is 13.6. The van der Waals surface area contributed by atoms with Gasteiger partial charge in [0.25, 0.3) is 5.91 Å². The number of aromatic hydroxyl groups is 1. The molecule has 126 valence electrons. The summed E-state index contributed by atoms with van der Waals surface area (Å²) in [5.74, 6) is -0.675. The number of nitrogens with one attached hydrogen (secondary N) is 2. The number of para-hydroxylation sites is 1. The minimum absolute atomic E-state index is 0.115. The van der Waals surface area contributed by atoms with Crippen LogP contribution in [0.25, 0.3) is 0 Å². The summed E-state index contributed by atoms with van der Waals surface area (Å²) in [7, 11) is -2.16. The van der Waals surface area contributed by atoms with E-state index in [1.807, 2.05) is 0 Å². The lowest BCUT2D eigenvalue weighted by atomic mass is 10.1. The van der Waals surface area contributed by atoms with Gasteiger partial charge in [-0.15, -0.1) is 0 Å². The van der Waals surface area contributed by atoms with Crippen molar-refractivity contribution in [3.8, 4) is 5.75 Å². The predicted octanol–water partition coefficient (Wildman–Crippen LogP) is 1.45. The summed E-state index contributed by atoms with van der Waals surface area (Å²) < 4.78 is 25.6. The first kappa shape index (κ1) is 17.6. The van der Waals surface area contributed by atoms with Crippen molar-refractivity contribution in [2.75, 3.05) is 7.05 Å². The SMILES string of the molecule is CNS(=O)(=O)c1ccc(/C(C)=N\NC(=O)c2ccccc2O)cc1. The molecule has 0 heterocycles. The summed E-state index contributed by atoms with van der Waals surface area (Å²) in [6, 6.07) is 12.2. The van der Waals surface area contributed by atoms with Gasteiger partial charge in [0, 0.05) is 0 Å². The Morgan fingerprint density at radius 3 is 2.29 bits per heavy atom. The molecule has 1 amide bonds. The van der Waals surface area contributed by atoms with E-state index in [0.717, 1.165) is 0 Å². The average molecular weight is 347 g/mol. The monoisotopic (exact) mass is 347 g/mol. The number of hydrogen-bond donors (Lipinski definition) is 3. The zero-order valence-electron chi connectivity index (χ0n) is 13.1. The van der Waals surface area contributed by atoms with Crippen LogP contribution in [0.5, 0.6) is 5.75 Å². The molecule has 0 atom stereocenters. The first-order valence-corrected chi connectivity index (χ1v) is 8.50. The second kappa shape index (κ2) is 7.24. The zero-order valence-corrected chi connectivity index (χ0v) is 14.0. The van der Waals surface area contributed by atoms with Crippen LogP contribution in [0.4, 0.5) is 0 Å². The van der Waals surface area contributed by atoms with Gasteiger partial charge in [0.15, 0.2) is 0 Å². The molecule has 0 spiro atoms. The summed E-state index contributed by atoms with van der Waals surface area (Å²) in [6.07, 6.45) is 0. The smallest absolute Gasteiger partial charge is 0.275 e. The van der Waals surface area contributed by atoms with Crippen LogP contribution >= 0.6 is 0 Å². The summed E-state index contributed by atoms with van der Waals surface area (Å²) in [6.45, 7) is 1.67. The van der Waals surface area contributed by atoms with Crippen molar-refractivity contribution in [1.82, 2.24) is 10.1 Å². The van der Waals surface area contributed by atoms with Crippen molar-refractivity contribution in [2.24, 2.45) is 5.10 Å². The molecule has 0 unspecified atom stereocenters. The van der Waals surface area contributed by atoms with Gasteiger partial charge in [-0.25, -0.2) is 18.6 Å². The highest BCUT2D eigenvalue weighted by molar-refractivity contribution is 7.89. The molecule has 2 aromatic carbocycles. The number of hydrogen-bond acceptors (Lipinski definition) is 5. The van der Waals surface area contributed by atoms with Gasteiger partial charge in [0.2, 0.25) is 10.0 Å². The van der Waals surface area contributed by atoms with E-state index in [0.29, 0.717) is 11.3 Å². The van der Waals surface area contributed by atoms with E-state index < -0.39 is 15.9 Å². The normalized spacial score (nSPS) is 12.0. The second-order valence-electron chi connectivity index (χ2n) is 4.89. The van der Waals surface area contributed by atoms with Gasteiger partial charge in [-0.1, -0.05) is 24.3 Å². The number of phenols is 1. The summed E-state index contributed by atoms with van der Waals surface area (Å²) in [5.41, 5.74) is 3.62. The van der Waals surface area contributed by atoms with Crippen molar-refractivity contribution in [3.05, 3.63) is 59.7 Å². The van der Waals surface area contributed by atoms with Gasteiger partial charge in [-0.3, -0.25) is 4.79 Å². The van der Waals surface area contributed by atoms with E-state index in [-0.39, 0.29) is 16.2 Å². The number of phenolic OH excluding ortho intramolecular Hbond substituents is 1. The van der Waals surface area contributed by atoms with Crippen molar-refractivity contribution in [2.45, 2.75) is 11.8 Å². The first-order chi connectivity index (χ1) is 11.3. The van der Waals surface area contributed by atoms with E-state index in [2.05, 4.69) is 15.2 Å². The van der Waals surface area contributed by atoms with E-state index in [9.17, 15) is 18.3 Å². The highest BCUT2D eigenvalue weighted by Crippen LogP contribution is 2.15. The fourth-order valence-corrected chi connectivity index (χ4v) is 2.65. The van der Waals surface area contributed by atoms with Gasteiger partial charge in [-0.2, -0.15) is 5.10 Å². The molecule has 0 saturated carbocycles. The molecule has 0 aliphatic heterocycles. The van der Waals surface area contributed by atoms with Crippen LogP contribution in [0, 0.1) is 0 Å². The van der Waals surface area contributed by atoms with E-state index >= 15 is 0 Å². The van der Waals surface area contributed by atoms with E-state index in [1.54, 1.807) is 31.2 Å². The number of nitrogens with zero attached hydrogens (tertiary/aromatic N) is 1. The summed E-state index contributed by atoms with van der Waals surface area (Å²) >= 11 is 0. The maximum Gasteiger partial charge on any atom is 0.275 e. The molecular formula is C16H17N3O4S. The van der Waals surface area contributed by atoms with Crippen LogP contribution in [0.2, 0.25) is 0 Å². The third-order valence-electron chi connectivity index (χ3n) is 3.32. The molecule has 2 aromatic rings. The molecule has 0 fully saturated rings. The van der Waals surface area contributed by atoms with Gasteiger partial charge in [-0.05, 0) is 43.8 Å². The van der Waals surface area contributed by atoms with E-state index in [4.69, 9.17) is 0 Å². The van der Waals surface area contributed by atoms with Crippen molar-refractivity contribution >= 4 is 21.6 Å². The number of carbonyl (C=O) groups excluding carboxylic acids is 1. The highest BCUT2D eigenvalue weighted by atomic mass is 32.2. The zero-order chi connectivity index (χ0) is 17.7. The molecule has 0 bridgehead atoms. The Kier molecular flexibility index (Phi) is 5.32. The van der Waals surface area contributed by atoms with Crippen molar-refractivity contribution < 1.29 is 18.3 Å². The minimum atomic E-state index is -3.49. The van der Waals surface area contributed by atoms with Crippen LogP contribution in [0.3, 0.4) is 0 Å². The highest BCUT2D eigenvalue weighted by Gasteiger charge is 2.12. The molecule has 8 heteroatoms. The third-order valence-corrected chi connectivity index (χ3v) is 4.76. The van der Waals surface area contributed by atoms with Crippen LogP contribution in [-0.2, 0) is 10.0 Å². The Bertz CT molecular complexity index is 874. The van der Waals surface area contributed by atoms with Gasteiger partial charge in [0.1, 0.15) is 5.75 Å². The first-order valence-electron chi connectivity index (χ1n) is 7.02. The maximum atomic E-state index is 12.0. The van der Waals surface area contributed by atoms with E-state index in [1.165, 1.54) is 31.3 Å². The number of hydrazone groups is 1. The van der Waals surface area contributed by atoms with Crippen LogP contribution < -0.4 is 10.1 Å². The molecule has 0 aliphatic carbocycles. The topological polar surface area (TPSA) is 108 Å². The molecule has 3 N–H and O–H groups in total. The van der Waals surface area contributed by atoms with Gasteiger partial charge < -0.3 is 5.11 Å². The van der Waals surface area contributed by atoms with Crippen LogP contribution in [-0.4, -0.2) is 32.2 Å². The molecular weight excluding hydrogens is 330 g/mol. The predicted molar refractivity (Wildman–Crippen MR) is 90.5 cm³/mol. The molecule has 0 radical (unpaired) electrons. The summed E-state index contributed by atoms with van der Waals surface area (Å²) in [4.78, 5) is 12.1. The molecule has 0 aliphatic rings. The number of rotatable bonds is 5. The van der Waals surface area contributed by atoms with Crippen molar-refractivity contribution in [3.63, 3.8) is 0 Å². The fourth-order valence-electron chi connectivity index (χ4n) is 1.92. The Labute approximate surface area is 140 Å². The lowest BCUT2D eigenvalue weighted by Crippen LogP contribution is -2.20. The average Bonchev–Trinajstić information content (AvgIpc) is 2.60. The molecule has 2 rings (SSSR count). The Hall–Kier alpha value is -2.71. The Balaban J connectivity index is 2.14. The fraction of sp³-hybridized carbons (Fsp3) is 0.125. The van der Waals surface area contributed by atoms with Gasteiger partial charge in [0.05, 0.1) is 16.2 Å². The largest absolute Gasteiger partial charge is 0.507 e. The standard InChI is InChI=1S/C16H17N3O4S/c1-11(12-7-9-13(10-8-12)24(22,23)17-2)18-19-16(21)14-5-3-4-6-15(14)20/h3-10,17,20H,1-2H3,(H,19,21)/b18-11-. The van der Waals surface area contributed by atoms with Crippen molar-refractivity contribution in [1.29, 1.82) is 0 Å². The maximum absolute atomic E-state index is 12.0. The minimum Gasteiger partial charge on any atom is -0.507 e. The lowest BCUT2D eigenvalue weighted by Gasteiger charge is -2.06. The van der Waals surface area contributed by atoms with Crippen LogP contribution in [0.15, 0.2) is 58.5 Å². The number of carbonyl (C=O) groups is 1. The van der Waals surface area contributed by atoms with Crippen LogP contribution in [0.1, 0.15) is 22.8 Å². The van der Waals surface area contributed by atoms with Gasteiger partial charge >= 0.3 is 0 Å². The number of benzene rings is 2. The third kappa shape index (κ3) is 3.98. The lowest BCUT2D eigenvalue weighted by molar-refractivity contribution is 0.0952. The molecule has 0 saturated heterocycles. The molecule has 7 nitrogen and oxygen atoms in total. The Morgan fingerprint density at radius 2 is 1.71 bits per heavy atom. The molecule has 0 aromatic heterocycles. The molecule has 24 heavy (non-hydrogen) atoms. The number of sulfonamides is 1. The quantitative estimate of drug-likeness (QED) is 0.562. The number of amides is 1. The second-order valence-corrected chi connectivity index (χ2v) is 6.77. The Morgan fingerprint density at radius 1 is 1.08 bits per heavy atom.